The third-order valence-corrected chi connectivity index (χ3v) is 10.0. The molecule has 7 heteroatoms. The molecule has 0 fully saturated rings. The molecule has 0 aromatic heterocycles. The molecule has 0 amide bonds. The number of hydrogen-bond donors (Lipinski definition) is 3. The van der Waals surface area contributed by atoms with Crippen molar-refractivity contribution in [2.75, 3.05) is 0 Å². The molecule has 0 heterocycles. The van der Waals surface area contributed by atoms with E-state index < -0.39 is 39.6 Å². The molecular weight excluding hydrogens is 664 g/mol. The van der Waals surface area contributed by atoms with Crippen LogP contribution >= 0.6 is 0 Å². The molecule has 0 radical (unpaired) electrons. The summed E-state index contributed by atoms with van der Waals surface area (Å²) in [5, 5.41) is 31.5. The van der Waals surface area contributed by atoms with E-state index in [4.69, 9.17) is 0 Å². The molecule has 270 valence electrons. The van der Waals surface area contributed by atoms with E-state index in [1.54, 1.807) is 42.5 Å². The number of rotatable bonds is 12. The highest BCUT2D eigenvalue weighted by Gasteiger charge is 2.45. The fourth-order valence-electron chi connectivity index (χ4n) is 7.28. The zero-order valence-corrected chi connectivity index (χ0v) is 30.9. The van der Waals surface area contributed by atoms with Crippen LogP contribution in [0.15, 0.2) is 115 Å². The van der Waals surface area contributed by atoms with Gasteiger partial charge in [0.05, 0.1) is 0 Å². The quantitative estimate of drug-likeness (QED) is 0.114. The minimum absolute atomic E-state index is 0.139. The summed E-state index contributed by atoms with van der Waals surface area (Å²) in [5.41, 5.74) is 1.74. The number of aliphatic hydroxyl groups is 3. The van der Waals surface area contributed by atoms with E-state index >= 15 is 0 Å². The Bertz CT molecular complexity index is 2150. The highest BCUT2D eigenvalue weighted by atomic mass is 16.3. The third-order valence-electron chi connectivity index (χ3n) is 10.0. The van der Waals surface area contributed by atoms with Crippen LogP contribution in [-0.2, 0) is 18.3 Å². The van der Waals surface area contributed by atoms with Gasteiger partial charge in [-0.05, 0) is 99.9 Å². The lowest BCUT2D eigenvalue weighted by atomic mass is 9.68. The molecule has 0 unspecified atom stereocenters. The first-order valence-electron chi connectivity index (χ1n) is 17.7. The van der Waals surface area contributed by atoms with Gasteiger partial charge in [0.2, 0.25) is 0 Å². The first-order chi connectivity index (χ1) is 24.8. The normalized spacial score (nSPS) is 13.6. The largest absolute Gasteiger partial charge is 0.382 e. The van der Waals surface area contributed by atoms with Crippen molar-refractivity contribution in [1.29, 1.82) is 0 Å². The van der Waals surface area contributed by atoms with Crippen LogP contribution in [0.2, 0.25) is 0 Å². The Labute approximate surface area is 310 Å². The standard InChI is InChI=1S/C46H44O7/c1-43(2,51)40(48)31-16-12-28(13-17-31)26-46(27-29-14-18-32(19-15-29)41(49)44(3,4)52)37-24-33(39(47)30-10-8-7-9-11-30)20-22-35(37)36-23-21-34(25-38(36)46)42(50)45(5,6)53/h7-25,51-53H,26-27H2,1-6H3. The second-order valence-corrected chi connectivity index (χ2v) is 15.7. The Morgan fingerprint density at radius 3 is 1.23 bits per heavy atom. The highest BCUT2D eigenvalue weighted by molar-refractivity contribution is 6.10. The van der Waals surface area contributed by atoms with Crippen LogP contribution in [0.3, 0.4) is 0 Å². The van der Waals surface area contributed by atoms with Crippen molar-refractivity contribution in [2.45, 2.75) is 76.6 Å². The first kappa shape index (κ1) is 37.4. The lowest BCUT2D eigenvalue weighted by molar-refractivity contribution is 0.0487. The van der Waals surface area contributed by atoms with Crippen molar-refractivity contribution in [1.82, 2.24) is 0 Å². The fourth-order valence-corrected chi connectivity index (χ4v) is 7.28. The molecule has 0 atom stereocenters. The summed E-state index contributed by atoms with van der Waals surface area (Å²) in [7, 11) is 0. The SMILES string of the molecule is CC(C)(O)C(=O)c1ccc(CC2(Cc3ccc(C(=O)C(C)(C)O)cc3)c3cc(C(=O)c4ccccc4)ccc3-c3ccc(C(=O)C(C)(C)O)cc32)cc1. The van der Waals surface area contributed by atoms with Gasteiger partial charge in [-0.15, -0.1) is 0 Å². The van der Waals surface area contributed by atoms with Gasteiger partial charge in [0.1, 0.15) is 16.8 Å². The Hall–Kier alpha value is -5.34. The molecule has 0 spiro atoms. The first-order valence-corrected chi connectivity index (χ1v) is 17.7. The Morgan fingerprint density at radius 2 is 0.811 bits per heavy atom. The molecule has 5 aromatic rings. The van der Waals surface area contributed by atoms with E-state index in [0.29, 0.717) is 40.7 Å². The lowest BCUT2D eigenvalue weighted by Gasteiger charge is -2.34. The summed E-state index contributed by atoms with van der Waals surface area (Å²) in [6.45, 7) is 8.72. The topological polar surface area (TPSA) is 129 Å². The van der Waals surface area contributed by atoms with Crippen LogP contribution in [-0.4, -0.2) is 55.3 Å². The zero-order chi connectivity index (χ0) is 38.5. The van der Waals surface area contributed by atoms with Crippen LogP contribution in [0.25, 0.3) is 11.1 Å². The van der Waals surface area contributed by atoms with Gasteiger partial charge in [0.25, 0.3) is 0 Å². The predicted molar refractivity (Wildman–Crippen MR) is 205 cm³/mol. The summed E-state index contributed by atoms with van der Waals surface area (Å²) >= 11 is 0. The minimum atomic E-state index is -1.62. The molecule has 53 heavy (non-hydrogen) atoms. The van der Waals surface area contributed by atoms with E-state index in [2.05, 4.69) is 0 Å². The van der Waals surface area contributed by atoms with Crippen molar-refractivity contribution in [2.24, 2.45) is 0 Å². The van der Waals surface area contributed by atoms with E-state index in [1.807, 2.05) is 72.8 Å². The summed E-state index contributed by atoms with van der Waals surface area (Å²) < 4.78 is 0. The maximum Gasteiger partial charge on any atom is 0.193 e. The molecule has 0 saturated heterocycles. The maximum absolute atomic E-state index is 13.9. The molecule has 5 aromatic carbocycles. The molecule has 0 aliphatic heterocycles. The Morgan fingerprint density at radius 1 is 0.453 bits per heavy atom. The van der Waals surface area contributed by atoms with E-state index in [1.165, 1.54) is 41.5 Å². The molecule has 0 bridgehead atoms. The highest BCUT2D eigenvalue weighted by Crippen LogP contribution is 2.53. The molecule has 1 aliphatic rings. The van der Waals surface area contributed by atoms with Crippen LogP contribution in [0.5, 0.6) is 0 Å². The lowest BCUT2D eigenvalue weighted by Crippen LogP contribution is -2.34. The van der Waals surface area contributed by atoms with Gasteiger partial charge < -0.3 is 15.3 Å². The number of carbonyl (C=O) groups excluding carboxylic acids is 4. The molecule has 6 rings (SSSR count). The summed E-state index contributed by atoms with van der Waals surface area (Å²) in [6.07, 6.45) is 0.773. The second kappa shape index (κ2) is 13.6. The number of benzene rings is 5. The number of fused-ring (bicyclic) bond motifs is 3. The Kier molecular flexibility index (Phi) is 9.58. The van der Waals surface area contributed by atoms with Crippen molar-refractivity contribution in [3.63, 3.8) is 0 Å². The minimum Gasteiger partial charge on any atom is -0.382 e. The van der Waals surface area contributed by atoms with Gasteiger partial charge in [-0.1, -0.05) is 103 Å². The van der Waals surface area contributed by atoms with Crippen LogP contribution in [0, 0.1) is 0 Å². The summed E-state index contributed by atoms with van der Waals surface area (Å²) in [6, 6.07) is 34.4. The number of Topliss-reactive ketones (excluding diaryl/α,β-unsaturated/α-hetero) is 3. The van der Waals surface area contributed by atoms with Gasteiger partial charge in [-0.25, -0.2) is 0 Å². The molecule has 1 aliphatic carbocycles. The molecule has 3 N–H and O–H groups in total. The van der Waals surface area contributed by atoms with Gasteiger partial charge >= 0.3 is 0 Å². The van der Waals surface area contributed by atoms with Crippen molar-refractivity contribution < 1.29 is 34.5 Å². The maximum atomic E-state index is 13.9. The zero-order valence-electron chi connectivity index (χ0n) is 30.9. The second-order valence-electron chi connectivity index (χ2n) is 15.7. The fraction of sp³-hybridized carbons (Fsp3) is 0.261. The average Bonchev–Trinajstić information content (AvgIpc) is 3.37. The smallest absolute Gasteiger partial charge is 0.193 e. The van der Waals surface area contributed by atoms with Gasteiger partial charge in [-0.3, -0.25) is 19.2 Å². The summed E-state index contributed by atoms with van der Waals surface area (Å²) in [5.74, 6) is -1.39. The van der Waals surface area contributed by atoms with E-state index in [0.717, 1.165) is 33.4 Å². The molecular formula is C46H44O7. The number of hydrogen-bond acceptors (Lipinski definition) is 7. The van der Waals surface area contributed by atoms with Crippen molar-refractivity contribution in [3.8, 4) is 11.1 Å². The van der Waals surface area contributed by atoms with Crippen molar-refractivity contribution in [3.05, 3.63) is 165 Å². The van der Waals surface area contributed by atoms with Crippen LogP contribution in [0.1, 0.15) is 111 Å². The predicted octanol–water partition coefficient (Wildman–Crippen LogP) is 7.53. The van der Waals surface area contributed by atoms with E-state index in [9.17, 15) is 34.5 Å². The third kappa shape index (κ3) is 7.33. The summed E-state index contributed by atoms with van der Waals surface area (Å²) in [4.78, 5) is 53.3. The van der Waals surface area contributed by atoms with Gasteiger partial charge in [-0.2, -0.15) is 0 Å². The van der Waals surface area contributed by atoms with Gasteiger partial charge in [0.15, 0.2) is 23.1 Å². The number of ketones is 4. The van der Waals surface area contributed by atoms with Crippen LogP contribution in [0.4, 0.5) is 0 Å². The molecule has 0 saturated carbocycles. The molecule has 7 nitrogen and oxygen atoms in total. The van der Waals surface area contributed by atoms with Crippen molar-refractivity contribution >= 4 is 23.1 Å². The monoisotopic (exact) mass is 708 g/mol. The van der Waals surface area contributed by atoms with Gasteiger partial charge in [0, 0.05) is 33.2 Å². The Balaban J connectivity index is 1.58. The van der Waals surface area contributed by atoms with E-state index in [-0.39, 0.29) is 5.78 Å². The number of carbonyl (C=O) groups is 4. The average molecular weight is 709 g/mol. The van der Waals surface area contributed by atoms with Crippen LogP contribution < -0.4 is 0 Å².